The Morgan fingerprint density at radius 1 is 1.47 bits per heavy atom. The van der Waals surface area contributed by atoms with E-state index in [-0.39, 0.29) is 12.4 Å². The van der Waals surface area contributed by atoms with Crippen LogP contribution in [0.2, 0.25) is 0 Å². The van der Waals surface area contributed by atoms with Crippen molar-refractivity contribution >= 4 is 35.5 Å². The molecule has 0 fully saturated rings. The molecule has 0 bridgehead atoms. The summed E-state index contributed by atoms with van der Waals surface area (Å²) in [6.07, 6.45) is 0.900. The second kappa shape index (κ2) is 10.7. The number of thioether (sulfide) groups is 1. The summed E-state index contributed by atoms with van der Waals surface area (Å²) >= 11 is 3.51. The Morgan fingerprint density at radius 3 is 3.00 bits per heavy atom. The fourth-order valence-corrected chi connectivity index (χ4v) is 2.34. The van der Waals surface area contributed by atoms with Gasteiger partial charge in [0.1, 0.15) is 0 Å². The van der Waals surface area contributed by atoms with E-state index in [4.69, 9.17) is 5.11 Å². The van der Waals surface area contributed by atoms with Crippen molar-refractivity contribution in [2.45, 2.75) is 13.0 Å². The summed E-state index contributed by atoms with van der Waals surface area (Å²) < 4.78 is 0. The molecule has 0 unspecified atom stereocenters. The van der Waals surface area contributed by atoms with Gasteiger partial charge in [0.25, 0.3) is 0 Å². The predicted octanol–water partition coefficient (Wildman–Crippen LogP) is 1.77. The van der Waals surface area contributed by atoms with Gasteiger partial charge in [-0.05, 0) is 12.2 Å². The first-order valence-corrected chi connectivity index (χ1v) is 6.79. The highest BCUT2D eigenvalue weighted by Gasteiger charge is 1.93. The van der Waals surface area contributed by atoms with E-state index in [9.17, 15) is 0 Å². The standard InChI is InChI=1S/C9H16N2OS2.ClH/c12-3-1-4-13-5-2-10-6-9-7-14-8-11-9;/h7-8,10,12H,1-6H2;1H. The molecule has 1 heterocycles. The molecule has 0 aliphatic heterocycles. The molecule has 3 nitrogen and oxygen atoms in total. The zero-order valence-electron chi connectivity index (χ0n) is 8.52. The van der Waals surface area contributed by atoms with Crippen LogP contribution in [-0.4, -0.2) is 34.7 Å². The largest absolute Gasteiger partial charge is 0.396 e. The van der Waals surface area contributed by atoms with Crippen LogP contribution in [0.5, 0.6) is 0 Å². The number of halogens is 1. The third kappa shape index (κ3) is 8.04. The molecule has 1 rings (SSSR count). The first-order valence-electron chi connectivity index (χ1n) is 4.70. The zero-order chi connectivity index (χ0) is 10.1. The smallest absolute Gasteiger partial charge is 0.0795 e. The summed E-state index contributed by atoms with van der Waals surface area (Å²) in [7, 11) is 0. The molecule has 2 N–H and O–H groups in total. The van der Waals surface area contributed by atoms with Gasteiger partial charge in [-0.2, -0.15) is 11.8 Å². The van der Waals surface area contributed by atoms with E-state index in [2.05, 4.69) is 15.7 Å². The van der Waals surface area contributed by atoms with Gasteiger partial charge >= 0.3 is 0 Å². The summed E-state index contributed by atoms with van der Waals surface area (Å²) in [6.45, 7) is 2.18. The SMILES string of the molecule is Cl.OCCCSCCNCc1cscn1. The van der Waals surface area contributed by atoms with Crippen molar-refractivity contribution in [2.75, 3.05) is 24.7 Å². The van der Waals surface area contributed by atoms with Crippen LogP contribution < -0.4 is 5.32 Å². The third-order valence-electron chi connectivity index (χ3n) is 1.66. The van der Waals surface area contributed by atoms with Crippen molar-refractivity contribution in [3.8, 4) is 0 Å². The average molecular weight is 269 g/mol. The van der Waals surface area contributed by atoms with Gasteiger partial charge in [0.05, 0.1) is 11.2 Å². The Labute approximate surface area is 105 Å². The minimum absolute atomic E-state index is 0. The highest BCUT2D eigenvalue weighted by Crippen LogP contribution is 2.02. The van der Waals surface area contributed by atoms with Gasteiger partial charge < -0.3 is 10.4 Å². The molecule has 0 saturated carbocycles. The van der Waals surface area contributed by atoms with E-state index >= 15 is 0 Å². The van der Waals surface area contributed by atoms with Crippen molar-refractivity contribution in [2.24, 2.45) is 0 Å². The summed E-state index contributed by atoms with van der Waals surface area (Å²) in [5, 5.41) is 13.9. The maximum atomic E-state index is 8.56. The molecule has 88 valence electrons. The highest BCUT2D eigenvalue weighted by molar-refractivity contribution is 7.99. The number of hydrogen-bond acceptors (Lipinski definition) is 5. The van der Waals surface area contributed by atoms with Crippen molar-refractivity contribution in [3.05, 3.63) is 16.6 Å². The van der Waals surface area contributed by atoms with Crippen LogP contribution in [0.1, 0.15) is 12.1 Å². The predicted molar refractivity (Wildman–Crippen MR) is 70.1 cm³/mol. The average Bonchev–Trinajstić information content (AvgIpc) is 2.69. The number of aliphatic hydroxyl groups is 1. The number of nitrogens with one attached hydrogen (secondary N) is 1. The molecule has 1 aromatic heterocycles. The quantitative estimate of drug-likeness (QED) is 0.706. The maximum absolute atomic E-state index is 8.56. The Bertz CT molecular complexity index is 222. The number of rotatable bonds is 8. The Morgan fingerprint density at radius 2 is 2.33 bits per heavy atom. The second-order valence-electron chi connectivity index (χ2n) is 2.85. The zero-order valence-corrected chi connectivity index (χ0v) is 11.0. The third-order valence-corrected chi connectivity index (χ3v) is 3.36. The number of aliphatic hydroxyl groups excluding tert-OH is 1. The summed E-state index contributed by atoms with van der Waals surface area (Å²) in [5.74, 6) is 2.15. The number of aromatic nitrogens is 1. The summed E-state index contributed by atoms with van der Waals surface area (Å²) in [6, 6.07) is 0. The van der Waals surface area contributed by atoms with Crippen LogP contribution in [0.25, 0.3) is 0 Å². The molecular weight excluding hydrogens is 252 g/mol. The molecular formula is C9H17ClN2OS2. The van der Waals surface area contributed by atoms with E-state index in [0.29, 0.717) is 6.61 Å². The minimum Gasteiger partial charge on any atom is -0.396 e. The highest BCUT2D eigenvalue weighted by atomic mass is 35.5. The molecule has 15 heavy (non-hydrogen) atoms. The van der Waals surface area contributed by atoms with Gasteiger partial charge in [-0.1, -0.05) is 0 Å². The first kappa shape index (κ1) is 15.2. The molecule has 0 atom stereocenters. The lowest BCUT2D eigenvalue weighted by molar-refractivity contribution is 0.296. The Kier molecular flexibility index (Phi) is 10.8. The molecule has 0 aromatic carbocycles. The van der Waals surface area contributed by atoms with Gasteiger partial charge in [0, 0.05) is 30.8 Å². The number of hydrogen-bond donors (Lipinski definition) is 2. The topological polar surface area (TPSA) is 45.1 Å². The van der Waals surface area contributed by atoms with E-state index in [0.717, 1.165) is 36.7 Å². The minimum atomic E-state index is 0. The lowest BCUT2D eigenvalue weighted by Crippen LogP contribution is -2.16. The van der Waals surface area contributed by atoms with E-state index in [1.807, 2.05) is 17.3 Å². The molecule has 0 radical (unpaired) electrons. The van der Waals surface area contributed by atoms with E-state index in [1.54, 1.807) is 11.3 Å². The molecule has 0 amide bonds. The molecule has 6 heteroatoms. The number of nitrogens with zero attached hydrogens (tertiary/aromatic N) is 1. The molecule has 0 aliphatic carbocycles. The van der Waals surface area contributed by atoms with Crippen LogP contribution in [0, 0.1) is 0 Å². The maximum Gasteiger partial charge on any atom is 0.0795 e. The van der Waals surface area contributed by atoms with Gasteiger partial charge in [-0.15, -0.1) is 23.7 Å². The Balaban J connectivity index is 0.00000196. The Hall–Kier alpha value is 0.190. The van der Waals surface area contributed by atoms with Crippen LogP contribution in [0.15, 0.2) is 10.9 Å². The summed E-state index contributed by atoms with van der Waals surface area (Å²) in [5.41, 5.74) is 2.97. The van der Waals surface area contributed by atoms with Crippen LogP contribution in [0.3, 0.4) is 0 Å². The second-order valence-corrected chi connectivity index (χ2v) is 4.79. The molecule has 0 aliphatic rings. The van der Waals surface area contributed by atoms with Crippen molar-refractivity contribution in [3.63, 3.8) is 0 Å². The molecule has 0 saturated heterocycles. The summed E-state index contributed by atoms with van der Waals surface area (Å²) in [4.78, 5) is 4.18. The van der Waals surface area contributed by atoms with E-state index in [1.165, 1.54) is 0 Å². The molecule has 0 spiro atoms. The van der Waals surface area contributed by atoms with Crippen molar-refractivity contribution in [1.29, 1.82) is 0 Å². The van der Waals surface area contributed by atoms with Gasteiger partial charge in [0.2, 0.25) is 0 Å². The lowest BCUT2D eigenvalue weighted by atomic mass is 10.5. The van der Waals surface area contributed by atoms with Gasteiger partial charge in [-0.3, -0.25) is 0 Å². The van der Waals surface area contributed by atoms with Crippen LogP contribution >= 0.6 is 35.5 Å². The van der Waals surface area contributed by atoms with E-state index < -0.39 is 0 Å². The fraction of sp³-hybridized carbons (Fsp3) is 0.667. The molecule has 1 aromatic rings. The van der Waals surface area contributed by atoms with Gasteiger partial charge in [0.15, 0.2) is 0 Å². The fourth-order valence-electron chi connectivity index (χ4n) is 0.954. The van der Waals surface area contributed by atoms with Crippen LogP contribution in [-0.2, 0) is 6.54 Å². The normalized spacial score (nSPS) is 9.93. The lowest BCUT2D eigenvalue weighted by Gasteiger charge is -2.02. The first-order chi connectivity index (χ1) is 6.93. The monoisotopic (exact) mass is 268 g/mol. The number of thiazole rings is 1. The van der Waals surface area contributed by atoms with Gasteiger partial charge in [-0.25, -0.2) is 4.98 Å². The van der Waals surface area contributed by atoms with Crippen molar-refractivity contribution in [1.82, 2.24) is 10.3 Å². The van der Waals surface area contributed by atoms with Crippen molar-refractivity contribution < 1.29 is 5.11 Å². The van der Waals surface area contributed by atoms with Crippen LogP contribution in [0.4, 0.5) is 0 Å².